The first-order chi connectivity index (χ1) is 13.6. The van der Waals surface area contributed by atoms with Crippen LogP contribution in [0.3, 0.4) is 0 Å². The van der Waals surface area contributed by atoms with Gasteiger partial charge in [-0.1, -0.05) is 24.3 Å². The highest BCUT2D eigenvalue weighted by molar-refractivity contribution is 5.74. The summed E-state index contributed by atoms with van der Waals surface area (Å²) in [5.41, 5.74) is 2.13. The quantitative estimate of drug-likeness (QED) is 0.829. The monoisotopic (exact) mass is 383 g/mol. The Hall–Kier alpha value is -2.89. The molecule has 28 heavy (non-hydrogen) atoms. The first-order valence-corrected chi connectivity index (χ1v) is 9.73. The van der Waals surface area contributed by atoms with Gasteiger partial charge in [-0.05, 0) is 43.7 Å². The number of carbonyl (C=O) groups excluding carboxylic acids is 1. The molecule has 1 aliphatic heterocycles. The lowest BCUT2D eigenvalue weighted by Gasteiger charge is -2.36. The van der Waals surface area contributed by atoms with E-state index in [0.717, 1.165) is 35.8 Å². The summed E-state index contributed by atoms with van der Waals surface area (Å²) in [6, 6.07) is 15.8. The van der Waals surface area contributed by atoms with Gasteiger partial charge in [-0.15, -0.1) is 0 Å². The first kappa shape index (κ1) is 19.9. The van der Waals surface area contributed by atoms with Gasteiger partial charge in [-0.3, -0.25) is 0 Å². The van der Waals surface area contributed by atoms with Gasteiger partial charge < -0.3 is 24.6 Å². The summed E-state index contributed by atoms with van der Waals surface area (Å²) in [6.45, 7) is 7.46. The van der Waals surface area contributed by atoms with Crippen LogP contribution in [0.15, 0.2) is 48.5 Å². The van der Waals surface area contributed by atoms with Crippen LogP contribution < -0.4 is 19.7 Å². The Labute approximate surface area is 167 Å². The van der Waals surface area contributed by atoms with Crippen LogP contribution >= 0.6 is 0 Å². The van der Waals surface area contributed by atoms with Crippen LogP contribution in [0.25, 0.3) is 0 Å². The van der Waals surface area contributed by atoms with E-state index in [1.54, 1.807) is 7.11 Å². The third kappa shape index (κ3) is 5.09. The van der Waals surface area contributed by atoms with Crippen molar-refractivity contribution in [1.82, 2.24) is 10.2 Å². The Bertz CT molecular complexity index is 769. The van der Waals surface area contributed by atoms with Crippen LogP contribution in [-0.4, -0.2) is 50.3 Å². The van der Waals surface area contributed by atoms with Crippen molar-refractivity contribution in [1.29, 1.82) is 0 Å². The van der Waals surface area contributed by atoms with E-state index < -0.39 is 0 Å². The number of amides is 2. The highest BCUT2D eigenvalue weighted by Crippen LogP contribution is 2.28. The van der Waals surface area contributed by atoms with Gasteiger partial charge >= 0.3 is 6.03 Å². The average Bonchev–Trinajstić information content (AvgIpc) is 2.72. The van der Waals surface area contributed by atoms with Gasteiger partial charge in [-0.2, -0.15) is 0 Å². The zero-order chi connectivity index (χ0) is 19.9. The number of rotatable bonds is 6. The molecule has 0 spiro atoms. The second-order valence-electron chi connectivity index (χ2n) is 7.12. The molecule has 2 aromatic carbocycles. The van der Waals surface area contributed by atoms with Crippen LogP contribution in [0.4, 0.5) is 10.5 Å². The predicted molar refractivity (Wildman–Crippen MR) is 111 cm³/mol. The number of piperazine rings is 1. The predicted octanol–water partition coefficient (Wildman–Crippen LogP) is 3.51. The molecule has 1 aliphatic rings. The van der Waals surface area contributed by atoms with E-state index in [4.69, 9.17) is 9.47 Å². The number of methoxy groups -OCH3 is 1. The SMILES string of the molecule is COc1ccccc1N1CCN(C(=O)NCc2ccc(OC(C)C)cc2)CC1. The molecule has 2 amide bonds. The molecule has 0 radical (unpaired) electrons. The lowest BCUT2D eigenvalue weighted by atomic mass is 10.2. The summed E-state index contributed by atoms with van der Waals surface area (Å²) < 4.78 is 11.1. The number of para-hydroxylation sites is 2. The Kier molecular flexibility index (Phi) is 6.63. The van der Waals surface area contributed by atoms with Crippen LogP contribution in [0.1, 0.15) is 19.4 Å². The number of anilines is 1. The molecule has 6 heteroatoms. The molecule has 2 aromatic rings. The molecule has 6 nitrogen and oxygen atoms in total. The third-order valence-electron chi connectivity index (χ3n) is 4.73. The summed E-state index contributed by atoms with van der Waals surface area (Å²) in [5.74, 6) is 1.71. The summed E-state index contributed by atoms with van der Waals surface area (Å²) >= 11 is 0. The smallest absolute Gasteiger partial charge is 0.317 e. The summed E-state index contributed by atoms with van der Waals surface area (Å²) in [7, 11) is 1.68. The Morgan fingerprint density at radius 1 is 1.04 bits per heavy atom. The number of benzene rings is 2. The minimum Gasteiger partial charge on any atom is -0.495 e. The zero-order valence-corrected chi connectivity index (χ0v) is 16.9. The normalized spacial score (nSPS) is 14.1. The minimum absolute atomic E-state index is 0.0258. The van der Waals surface area contributed by atoms with E-state index in [-0.39, 0.29) is 12.1 Å². The van der Waals surface area contributed by atoms with Crippen molar-refractivity contribution < 1.29 is 14.3 Å². The van der Waals surface area contributed by atoms with Gasteiger partial charge in [0.15, 0.2) is 0 Å². The third-order valence-corrected chi connectivity index (χ3v) is 4.73. The second-order valence-corrected chi connectivity index (χ2v) is 7.12. The Morgan fingerprint density at radius 2 is 1.71 bits per heavy atom. The molecule has 150 valence electrons. The van der Waals surface area contributed by atoms with Crippen LogP contribution in [-0.2, 0) is 6.54 Å². The van der Waals surface area contributed by atoms with Crippen molar-refractivity contribution >= 4 is 11.7 Å². The number of urea groups is 1. The lowest BCUT2D eigenvalue weighted by Crippen LogP contribution is -2.51. The van der Waals surface area contributed by atoms with Crippen LogP contribution in [0.5, 0.6) is 11.5 Å². The topological polar surface area (TPSA) is 54.0 Å². The fourth-order valence-corrected chi connectivity index (χ4v) is 3.29. The van der Waals surface area contributed by atoms with E-state index in [0.29, 0.717) is 19.6 Å². The number of hydrogen-bond acceptors (Lipinski definition) is 4. The molecule has 0 saturated carbocycles. The molecular weight excluding hydrogens is 354 g/mol. The highest BCUT2D eigenvalue weighted by atomic mass is 16.5. The molecule has 1 heterocycles. The molecule has 3 rings (SSSR count). The number of nitrogens with one attached hydrogen (secondary N) is 1. The average molecular weight is 383 g/mol. The summed E-state index contributed by atoms with van der Waals surface area (Å²) in [4.78, 5) is 16.6. The summed E-state index contributed by atoms with van der Waals surface area (Å²) in [5, 5.41) is 3.01. The van der Waals surface area contributed by atoms with E-state index in [9.17, 15) is 4.79 Å². The molecule has 1 fully saturated rings. The second kappa shape index (κ2) is 9.35. The van der Waals surface area contributed by atoms with Crippen molar-refractivity contribution in [3.8, 4) is 11.5 Å². The number of carbonyl (C=O) groups is 1. The highest BCUT2D eigenvalue weighted by Gasteiger charge is 2.22. The fraction of sp³-hybridized carbons (Fsp3) is 0.409. The van der Waals surface area contributed by atoms with Gasteiger partial charge in [0.2, 0.25) is 0 Å². The van der Waals surface area contributed by atoms with Crippen molar-refractivity contribution in [2.75, 3.05) is 38.2 Å². The van der Waals surface area contributed by atoms with Gasteiger partial charge in [0.1, 0.15) is 11.5 Å². The van der Waals surface area contributed by atoms with Crippen molar-refractivity contribution in [3.05, 3.63) is 54.1 Å². The van der Waals surface area contributed by atoms with Gasteiger partial charge in [-0.25, -0.2) is 4.79 Å². The number of nitrogens with zero attached hydrogens (tertiary/aromatic N) is 2. The van der Waals surface area contributed by atoms with Crippen molar-refractivity contribution in [2.24, 2.45) is 0 Å². The molecule has 1 saturated heterocycles. The van der Waals surface area contributed by atoms with E-state index in [1.807, 2.05) is 61.2 Å². The Morgan fingerprint density at radius 3 is 2.36 bits per heavy atom. The molecular formula is C22H29N3O3. The van der Waals surface area contributed by atoms with Crippen molar-refractivity contribution in [2.45, 2.75) is 26.5 Å². The van der Waals surface area contributed by atoms with Gasteiger partial charge in [0.05, 0.1) is 18.9 Å². The largest absolute Gasteiger partial charge is 0.495 e. The lowest BCUT2D eigenvalue weighted by molar-refractivity contribution is 0.194. The van der Waals surface area contributed by atoms with E-state index in [2.05, 4.69) is 16.3 Å². The maximum atomic E-state index is 12.5. The number of hydrogen-bond donors (Lipinski definition) is 1. The summed E-state index contributed by atoms with van der Waals surface area (Å²) in [6.07, 6.45) is 0.153. The Balaban J connectivity index is 1.47. The minimum atomic E-state index is -0.0258. The van der Waals surface area contributed by atoms with Crippen LogP contribution in [0, 0.1) is 0 Å². The molecule has 1 N–H and O–H groups in total. The first-order valence-electron chi connectivity index (χ1n) is 9.73. The number of ether oxygens (including phenoxy) is 2. The van der Waals surface area contributed by atoms with Crippen LogP contribution in [0.2, 0.25) is 0 Å². The maximum absolute atomic E-state index is 12.5. The van der Waals surface area contributed by atoms with Crippen molar-refractivity contribution in [3.63, 3.8) is 0 Å². The van der Waals surface area contributed by atoms with E-state index in [1.165, 1.54) is 0 Å². The standard InChI is InChI=1S/C22H29N3O3/c1-17(2)28-19-10-8-18(9-11-19)16-23-22(26)25-14-12-24(13-15-25)20-6-4-5-7-21(20)27-3/h4-11,17H,12-16H2,1-3H3,(H,23,26). The van der Waals surface area contributed by atoms with E-state index >= 15 is 0 Å². The van der Waals surface area contributed by atoms with Gasteiger partial charge in [0.25, 0.3) is 0 Å². The molecule has 0 aromatic heterocycles. The molecule has 0 unspecified atom stereocenters. The molecule has 0 atom stereocenters. The molecule has 0 aliphatic carbocycles. The molecule has 0 bridgehead atoms. The zero-order valence-electron chi connectivity index (χ0n) is 16.9. The maximum Gasteiger partial charge on any atom is 0.317 e. The van der Waals surface area contributed by atoms with Gasteiger partial charge in [0, 0.05) is 32.7 Å². The fourth-order valence-electron chi connectivity index (χ4n) is 3.29.